The summed E-state index contributed by atoms with van der Waals surface area (Å²) < 4.78 is 10.6. The molecule has 1 fully saturated rings. The minimum atomic E-state index is -0.211. The molecule has 2 unspecified atom stereocenters. The smallest absolute Gasteiger partial charge is 0.251 e. The monoisotopic (exact) mass is 342 g/mol. The first-order chi connectivity index (χ1) is 12.2. The van der Waals surface area contributed by atoms with Crippen molar-refractivity contribution in [2.24, 2.45) is 5.92 Å². The number of amides is 1. The predicted octanol–water partition coefficient (Wildman–Crippen LogP) is 0.432. The van der Waals surface area contributed by atoms with Crippen molar-refractivity contribution in [3.63, 3.8) is 0 Å². The Morgan fingerprint density at radius 3 is 2.84 bits per heavy atom. The summed E-state index contributed by atoms with van der Waals surface area (Å²) in [6.07, 6.45) is 3.35. The van der Waals surface area contributed by atoms with Crippen LogP contribution in [-0.2, 0) is 0 Å². The van der Waals surface area contributed by atoms with Crippen LogP contribution < -0.4 is 19.7 Å². The maximum absolute atomic E-state index is 12.6. The number of hydrogen-bond donors (Lipinski definition) is 2. The predicted molar refractivity (Wildman–Crippen MR) is 88.6 cm³/mol. The van der Waals surface area contributed by atoms with Crippen molar-refractivity contribution >= 4 is 11.9 Å². The van der Waals surface area contributed by atoms with Gasteiger partial charge >= 0.3 is 0 Å². The molecule has 2 aliphatic rings. The lowest BCUT2D eigenvalue weighted by Gasteiger charge is -2.18. The molecule has 2 aromatic rings. The molecule has 4 rings (SSSR count). The van der Waals surface area contributed by atoms with Crippen molar-refractivity contribution in [3.8, 4) is 11.5 Å². The fourth-order valence-electron chi connectivity index (χ4n) is 3.13. The Labute approximate surface area is 144 Å². The Hall–Kier alpha value is -2.87. The number of rotatable bonds is 4. The summed E-state index contributed by atoms with van der Waals surface area (Å²) in [5.41, 5.74) is 0.496. The van der Waals surface area contributed by atoms with Crippen molar-refractivity contribution < 1.29 is 19.4 Å². The van der Waals surface area contributed by atoms with Gasteiger partial charge in [-0.1, -0.05) is 0 Å². The van der Waals surface area contributed by atoms with Gasteiger partial charge in [0.1, 0.15) is 0 Å². The molecule has 0 bridgehead atoms. The van der Waals surface area contributed by atoms with E-state index in [1.807, 2.05) is 4.90 Å². The number of carbonyl (C=O) groups is 1. The van der Waals surface area contributed by atoms with Crippen LogP contribution in [-0.4, -0.2) is 53.5 Å². The molecule has 0 saturated carbocycles. The highest BCUT2D eigenvalue weighted by Crippen LogP contribution is 2.32. The minimum Gasteiger partial charge on any atom is -0.454 e. The Morgan fingerprint density at radius 1 is 1.24 bits per heavy atom. The summed E-state index contributed by atoms with van der Waals surface area (Å²) in [5.74, 6) is 1.51. The van der Waals surface area contributed by atoms with Crippen LogP contribution in [0, 0.1) is 5.92 Å². The molecule has 0 spiro atoms. The topological polar surface area (TPSA) is 96.8 Å². The number of nitrogens with one attached hydrogen (secondary N) is 1. The molecular weight excluding hydrogens is 324 g/mol. The highest BCUT2D eigenvalue weighted by Gasteiger charge is 2.34. The van der Waals surface area contributed by atoms with E-state index in [-0.39, 0.29) is 31.3 Å². The SMILES string of the molecule is O=C(NC1CN(c2ncccn2)CC1CO)c1ccc2c(c1)OCO2. The number of aromatic nitrogens is 2. The number of fused-ring (bicyclic) bond motifs is 1. The van der Waals surface area contributed by atoms with E-state index in [1.165, 1.54) is 0 Å². The van der Waals surface area contributed by atoms with Crippen LogP contribution in [0.5, 0.6) is 11.5 Å². The van der Waals surface area contributed by atoms with Crippen molar-refractivity contribution in [3.05, 3.63) is 42.2 Å². The van der Waals surface area contributed by atoms with E-state index in [0.717, 1.165) is 0 Å². The molecule has 2 N–H and O–H groups in total. The first-order valence-corrected chi connectivity index (χ1v) is 8.08. The van der Waals surface area contributed by atoms with Crippen LogP contribution in [0.2, 0.25) is 0 Å². The lowest BCUT2D eigenvalue weighted by Crippen LogP contribution is -2.41. The molecule has 3 heterocycles. The number of anilines is 1. The molecule has 1 aromatic heterocycles. The highest BCUT2D eigenvalue weighted by molar-refractivity contribution is 5.95. The van der Waals surface area contributed by atoms with Crippen molar-refractivity contribution in [1.82, 2.24) is 15.3 Å². The molecule has 8 heteroatoms. The van der Waals surface area contributed by atoms with Crippen LogP contribution in [0.1, 0.15) is 10.4 Å². The van der Waals surface area contributed by atoms with Gasteiger partial charge in [-0.3, -0.25) is 4.79 Å². The van der Waals surface area contributed by atoms with E-state index in [9.17, 15) is 9.90 Å². The average Bonchev–Trinajstić information content (AvgIpc) is 3.28. The lowest BCUT2D eigenvalue weighted by atomic mass is 10.0. The van der Waals surface area contributed by atoms with Gasteiger partial charge < -0.3 is 24.8 Å². The second kappa shape index (κ2) is 6.56. The summed E-state index contributed by atoms with van der Waals surface area (Å²) in [6, 6.07) is 6.65. The molecule has 1 amide bonds. The van der Waals surface area contributed by atoms with Crippen LogP contribution in [0.15, 0.2) is 36.7 Å². The van der Waals surface area contributed by atoms with E-state index in [1.54, 1.807) is 36.7 Å². The van der Waals surface area contributed by atoms with Crippen molar-refractivity contribution in [1.29, 1.82) is 0 Å². The van der Waals surface area contributed by atoms with Gasteiger partial charge in [0.25, 0.3) is 5.91 Å². The molecule has 0 radical (unpaired) electrons. The third kappa shape index (κ3) is 3.08. The van der Waals surface area contributed by atoms with E-state index in [2.05, 4.69) is 15.3 Å². The molecule has 8 nitrogen and oxygen atoms in total. The van der Waals surface area contributed by atoms with Gasteiger partial charge in [0.05, 0.1) is 6.04 Å². The number of aliphatic hydroxyl groups excluding tert-OH is 1. The van der Waals surface area contributed by atoms with E-state index in [4.69, 9.17) is 9.47 Å². The molecular formula is C17H18N4O4. The summed E-state index contributed by atoms with van der Waals surface area (Å²) >= 11 is 0. The maximum Gasteiger partial charge on any atom is 0.251 e. The number of benzene rings is 1. The first kappa shape index (κ1) is 15.6. The van der Waals surface area contributed by atoms with Crippen LogP contribution >= 0.6 is 0 Å². The number of carbonyl (C=O) groups excluding carboxylic acids is 1. The second-order valence-electron chi connectivity index (χ2n) is 6.04. The third-order valence-electron chi connectivity index (χ3n) is 4.46. The average molecular weight is 342 g/mol. The lowest BCUT2D eigenvalue weighted by molar-refractivity contribution is 0.0921. The van der Waals surface area contributed by atoms with E-state index >= 15 is 0 Å². The fourth-order valence-corrected chi connectivity index (χ4v) is 3.13. The van der Waals surface area contributed by atoms with Gasteiger partial charge in [-0.05, 0) is 24.3 Å². The second-order valence-corrected chi connectivity index (χ2v) is 6.04. The summed E-state index contributed by atoms with van der Waals surface area (Å²) in [7, 11) is 0. The Morgan fingerprint density at radius 2 is 2.04 bits per heavy atom. The Kier molecular flexibility index (Phi) is 4.10. The molecule has 2 aliphatic heterocycles. The number of nitrogens with zero attached hydrogens (tertiary/aromatic N) is 3. The number of hydrogen-bond acceptors (Lipinski definition) is 7. The standard InChI is InChI=1S/C17H18N4O4/c22-9-12-7-21(17-18-4-1-5-19-17)8-13(12)20-16(23)11-2-3-14-15(6-11)25-10-24-14/h1-6,12-13,22H,7-10H2,(H,20,23). The van der Waals surface area contributed by atoms with Gasteiger partial charge in [0.2, 0.25) is 12.7 Å². The fraction of sp³-hybridized carbons (Fsp3) is 0.353. The molecule has 1 saturated heterocycles. The zero-order chi connectivity index (χ0) is 17.2. The maximum atomic E-state index is 12.6. The first-order valence-electron chi connectivity index (χ1n) is 8.08. The zero-order valence-electron chi connectivity index (χ0n) is 13.5. The normalized spacial score (nSPS) is 21.4. The number of ether oxygens (including phenoxy) is 2. The van der Waals surface area contributed by atoms with Gasteiger partial charge in [-0.25, -0.2) is 9.97 Å². The summed E-state index contributed by atoms with van der Waals surface area (Å²) in [6.45, 7) is 1.29. The van der Waals surface area contributed by atoms with Gasteiger partial charge in [-0.2, -0.15) is 0 Å². The van der Waals surface area contributed by atoms with Crippen molar-refractivity contribution in [2.45, 2.75) is 6.04 Å². The molecule has 25 heavy (non-hydrogen) atoms. The van der Waals surface area contributed by atoms with Crippen molar-refractivity contribution in [2.75, 3.05) is 31.4 Å². The van der Waals surface area contributed by atoms with Gasteiger partial charge in [-0.15, -0.1) is 0 Å². The quantitative estimate of drug-likeness (QED) is 0.832. The van der Waals surface area contributed by atoms with Gasteiger partial charge in [0.15, 0.2) is 11.5 Å². The van der Waals surface area contributed by atoms with Gasteiger partial charge in [0, 0.05) is 43.6 Å². The molecule has 2 atom stereocenters. The van der Waals surface area contributed by atoms with E-state index < -0.39 is 0 Å². The Balaban J connectivity index is 1.46. The number of aliphatic hydroxyl groups is 1. The van der Waals surface area contributed by atoms with Crippen LogP contribution in [0.3, 0.4) is 0 Å². The third-order valence-corrected chi connectivity index (χ3v) is 4.46. The Bertz CT molecular complexity index is 770. The highest BCUT2D eigenvalue weighted by atomic mass is 16.7. The largest absolute Gasteiger partial charge is 0.454 e. The summed E-state index contributed by atoms with van der Waals surface area (Å²) in [4.78, 5) is 23.0. The van der Waals surface area contributed by atoms with Crippen LogP contribution in [0.4, 0.5) is 5.95 Å². The van der Waals surface area contributed by atoms with E-state index in [0.29, 0.717) is 36.1 Å². The van der Waals surface area contributed by atoms with Crippen LogP contribution in [0.25, 0.3) is 0 Å². The molecule has 130 valence electrons. The zero-order valence-corrected chi connectivity index (χ0v) is 13.5. The molecule has 1 aromatic carbocycles. The minimum absolute atomic E-state index is 0.0184. The summed E-state index contributed by atoms with van der Waals surface area (Å²) in [5, 5.41) is 12.7. The molecule has 0 aliphatic carbocycles.